The number of aromatic nitrogens is 3. The average molecular weight is 592 g/mol. The molecule has 4 heterocycles. The van der Waals surface area contributed by atoms with Crippen molar-refractivity contribution in [3.05, 3.63) is 152 Å². The summed E-state index contributed by atoms with van der Waals surface area (Å²) in [6.45, 7) is 0. The van der Waals surface area contributed by atoms with Crippen molar-refractivity contribution in [1.82, 2.24) is 14.1 Å². The van der Waals surface area contributed by atoms with E-state index in [2.05, 4.69) is 155 Å². The summed E-state index contributed by atoms with van der Waals surface area (Å²) in [5.41, 5.74) is 8.34. The molecule has 6 aromatic carbocycles. The smallest absolute Gasteiger partial charge is 0.138 e. The van der Waals surface area contributed by atoms with Gasteiger partial charge in [-0.1, -0.05) is 91.0 Å². The first kappa shape index (κ1) is 24.7. The molecule has 0 aliphatic carbocycles. The van der Waals surface area contributed by atoms with Crippen LogP contribution in [0.5, 0.6) is 0 Å². The van der Waals surface area contributed by atoms with Crippen LogP contribution in [0.1, 0.15) is 0 Å². The van der Waals surface area contributed by atoms with E-state index in [9.17, 15) is 0 Å². The Kier molecular flexibility index (Phi) is 5.16. The maximum Gasteiger partial charge on any atom is 0.138 e. The van der Waals surface area contributed by atoms with Gasteiger partial charge in [0.25, 0.3) is 0 Å². The van der Waals surface area contributed by atoms with Gasteiger partial charge in [-0.25, -0.2) is 4.98 Å². The van der Waals surface area contributed by atoms with Crippen molar-refractivity contribution in [2.75, 3.05) is 0 Å². The molecule has 0 N–H and O–H groups in total. The molecule has 10 aromatic rings. The van der Waals surface area contributed by atoms with E-state index in [0.29, 0.717) is 0 Å². The molecule has 0 amide bonds. The largest absolute Gasteiger partial charge is 0.309 e. The number of hydrogen-bond acceptors (Lipinski definition) is 2. The summed E-state index contributed by atoms with van der Waals surface area (Å²) in [4.78, 5) is 4.88. The van der Waals surface area contributed by atoms with Crippen LogP contribution >= 0.6 is 11.3 Å². The Morgan fingerprint density at radius 3 is 1.87 bits per heavy atom. The molecule has 4 aromatic heterocycles. The third kappa shape index (κ3) is 3.54. The Balaban J connectivity index is 1.23. The van der Waals surface area contributed by atoms with E-state index in [1.165, 1.54) is 75.0 Å². The summed E-state index contributed by atoms with van der Waals surface area (Å²) in [6.07, 6.45) is 1.92. The maximum atomic E-state index is 4.88. The molecule has 0 saturated carbocycles. The number of nitrogens with zero attached hydrogens (tertiary/aromatic N) is 3. The quantitative estimate of drug-likeness (QED) is 0.200. The predicted molar refractivity (Wildman–Crippen MR) is 191 cm³/mol. The minimum absolute atomic E-state index is 0.927. The summed E-state index contributed by atoms with van der Waals surface area (Å²) in [6, 6.07) is 52.5. The molecule has 3 nitrogen and oxygen atoms in total. The first-order valence-electron chi connectivity index (χ1n) is 15.2. The summed E-state index contributed by atoms with van der Waals surface area (Å²) < 4.78 is 7.34. The highest BCUT2D eigenvalue weighted by Crippen LogP contribution is 2.44. The number of para-hydroxylation sites is 3. The molecule has 0 atom stereocenters. The van der Waals surface area contributed by atoms with Gasteiger partial charge in [-0.2, -0.15) is 0 Å². The normalized spacial score (nSPS) is 12.0. The lowest BCUT2D eigenvalue weighted by molar-refractivity contribution is 1.08. The zero-order chi connectivity index (χ0) is 29.5. The molecule has 0 bridgehead atoms. The van der Waals surface area contributed by atoms with Gasteiger partial charge in [0.05, 0.1) is 22.1 Å². The Labute approximate surface area is 262 Å². The van der Waals surface area contributed by atoms with E-state index in [1.807, 2.05) is 17.5 Å². The standard InChI is InChI=1S/C41H25N3S/c1-2-10-26(11-3-1)27-22-23-42-39(24-27)44-36-17-9-6-14-32(36)40-37(44)20-19-31-33-25-28(18-21-38(33)45-41(31)40)43-34-15-7-4-12-29(34)30-13-5-8-16-35(30)43/h1-25H. The SMILES string of the molecule is c1ccc(-c2ccnc(-n3c4ccccc4c4c5sc6ccc(-n7c8ccccc8c8ccccc87)cc6c5ccc43)c2)cc1. The third-order valence-electron chi connectivity index (χ3n) is 9.18. The molecule has 10 rings (SSSR count). The molecule has 0 spiro atoms. The third-order valence-corrected chi connectivity index (χ3v) is 10.4. The van der Waals surface area contributed by atoms with Crippen molar-refractivity contribution in [3.63, 3.8) is 0 Å². The van der Waals surface area contributed by atoms with Crippen LogP contribution in [0.3, 0.4) is 0 Å². The maximum absolute atomic E-state index is 4.88. The van der Waals surface area contributed by atoms with E-state index in [-0.39, 0.29) is 0 Å². The first-order chi connectivity index (χ1) is 22.3. The van der Waals surface area contributed by atoms with Gasteiger partial charge in [0.15, 0.2) is 0 Å². The molecule has 0 aliphatic rings. The van der Waals surface area contributed by atoms with Crippen LogP contribution < -0.4 is 0 Å². The molecule has 0 radical (unpaired) electrons. The predicted octanol–water partition coefficient (Wildman–Crippen LogP) is 11.3. The number of rotatable bonds is 3. The Bertz CT molecular complexity index is 2710. The summed E-state index contributed by atoms with van der Waals surface area (Å²) >= 11 is 1.88. The second-order valence-corrected chi connectivity index (χ2v) is 12.7. The summed E-state index contributed by atoms with van der Waals surface area (Å²) in [5, 5.41) is 7.68. The van der Waals surface area contributed by atoms with Gasteiger partial charge in [-0.15, -0.1) is 11.3 Å². The molecule has 210 valence electrons. The van der Waals surface area contributed by atoms with Crippen LogP contribution in [0.4, 0.5) is 0 Å². The van der Waals surface area contributed by atoms with Crippen LogP contribution in [0.25, 0.3) is 86.4 Å². The number of fused-ring (bicyclic) bond motifs is 10. The number of hydrogen-bond donors (Lipinski definition) is 0. The van der Waals surface area contributed by atoms with Gasteiger partial charge in [-0.05, 0) is 65.7 Å². The molecule has 0 unspecified atom stereocenters. The van der Waals surface area contributed by atoms with Crippen molar-refractivity contribution >= 4 is 75.1 Å². The monoisotopic (exact) mass is 591 g/mol. The fourth-order valence-corrected chi connectivity index (χ4v) is 8.45. The van der Waals surface area contributed by atoms with Crippen LogP contribution in [0, 0.1) is 0 Å². The van der Waals surface area contributed by atoms with E-state index >= 15 is 0 Å². The van der Waals surface area contributed by atoms with E-state index < -0.39 is 0 Å². The first-order valence-corrected chi connectivity index (χ1v) is 16.0. The number of thiophene rings is 1. The second-order valence-electron chi connectivity index (χ2n) is 11.6. The average Bonchev–Trinajstić information content (AvgIpc) is 3.76. The molecule has 0 saturated heterocycles. The zero-order valence-electron chi connectivity index (χ0n) is 24.2. The fourth-order valence-electron chi connectivity index (χ4n) is 7.21. The Hall–Kier alpha value is -5.71. The minimum Gasteiger partial charge on any atom is -0.309 e. The lowest BCUT2D eigenvalue weighted by Crippen LogP contribution is -1.97. The van der Waals surface area contributed by atoms with Crippen LogP contribution in [-0.2, 0) is 0 Å². The van der Waals surface area contributed by atoms with Crippen molar-refractivity contribution in [2.24, 2.45) is 0 Å². The fraction of sp³-hybridized carbons (Fsp3) is 0. The number of pyridine rings is 1. The van der Waals surface area contributed by atoms with Gasteiger partial charge in [-0.3, -0.25) is 4.57 Å². The van der Waals surface area contributed by atoms with Gasteiger partial charge in [0, 0.05) is 53.6 Å². The van der Waals surface area contributed by atoms with Gasteiger partial charge in [0.1, 0.15) is 5.82 Å². The highest BCUT2D eigenvalue weighted by Gasteiger charge is 2.19. The molecule has 0 fully saturated rings. The molecule has 45 heavy (non-hydrogen) atoms. The van der Waals surface area contributed by atoms with E-state index in [0.717, 1.165) is 11.4 Å². The van der Waals surface area contributed by atoms with Gasteiger partial charge in [0.2, 0.25) is 0 Å². The summed E-state index contributed by atoms with van der Waals surface area (Å²) in [5.74, 6) is 0.927. The van der Waals surface area contributed by atoms with E-state index in [1.54, 1.807) is 0 Å². The van der Waals surface area contributed by atoms with Crippen molar-refractivity contribution in [1.29, 1.82) is 0 Å². The van der Waals surface area contributed by atoms with Crippen molar-refractivity contribution < 1.29 is 0 Å². The van der Waals surface area contributed by atoms with E-state index in [4.69, 9.17) is 4.98 Å². The highest BCUT2D eigenvalue weighted by atomic mass is 32.1. The van der Waals surface area contributed by atoms with Crippen LogP contribution in [-0.4, -0.2) is 14.1 Å². The molecule has 0 aliphatic heterocycles. The Morgan fingerprint density at radius 1 is 0.444 bits per heavy atom. The zero-order valence-corrected chi connectivity index (χ0v) is 25.0. The summed E-state index contributed by atoms with van der Waals surface area (Å²) in [7, 11) is 0. The number of benzene rings is 6. The Morgan fingerprint density at radius 2 is 1.11 bits per heavy atom. The highest BCUT2D eigenvalue weighted by molar-refractivity contribution is 7.26. The van der Waals surface area contributed by atoms with Crippen molar-refractivity contribution in [2.45, 2.75) is 0 Å². The van der Waals surface area contributed by atoms with Gasteiger partial charge < -0.3 is 4.57 Å². The topological polar surface area (TPSA) is 22.8 Å². The second kappa shape index (κ2) is 9.39. The lowest BCUT2D eigenvalue weighted by atomic mass is 10.1. The molecular weight excluding hydrogens is 567 g/mol. The lowest BCUT2D eigenvalue weighted by Gasteiger charge is -2.09. The van der Waals surface area contributed by atoms with Crippen molar-refractivity contribution in [3.8, 4) is 22.6 Å². The molecular formula is C41H25N3S. The minimum atomic E-state index is 0.927. The van der Waals surface area contributed by atoms with Gasteiger partial charge >= 0.3 is 0 Å². The molecule has 4 heteroatoms. The van der Waals surface area contributed by atoms with Crippen LogP contribution in [0.15, 0.2) is 152 Å². The van der Waals surface area contributed by atoms with Crippen LogP contribution in [0.2, 0.25) is 0 Å².